The lowest BCUT2D eigenvalue weighted by Gasteiger charge is -2.08. The predicted molar refractivity (Wildman–Crippen MR) is 67.2 cm³/mol. The van der Waals surface area contributed by atoms with Gasteiger partial charge in [0, 0.05) is 0 Å². The predicted octanol–water partition coefficient (Wildman–Crippen LogP) is 3.06. The van der Waals surface area contributed by atoms with Crippen LogP contribution in [0.5, 0.6) is 0 Å². The lowest BCUT2D eigenvalue weighted by atomic mass is 10.2. The van der Waals surface area contributed by atoms with E-state index in [0.717, 1.165) is 0 Å². The molecule has 0 bridgehead atoms. The fourth-order valence-corrected chi connectivity index (χ4v) is 1.57. The summed E-state index contributed by atoms with van der Waals surface area (Å²) in [4.78, 5) is 10.3. The molecule has 2 aromatic carbocycles. The highest BCUT2D eigenvalue weighted by molar-refractivity contribution is 5.78. The van der Waals surface area contributed by atoms with Gasteiger partial charge in [-0.25, -0.2) is 4.39 Å². The standard InChI is InChI=1S/C12H10FN3O2/c13-8-4-1-2-6-10(8)15-11-7-3-5-9(14)12(11)16(17)18/h1-7,15H,14H2. The highest BCUT2D eigenvalue weighted by Crippen LogP contribution is 2.33. The van der Waals surface area contributed by atoms with E-state index in [9.17, 15) is 14.5 Å². The quantitative estimate of drug-likeness (QED) is 0.496. The van der Waals surface area contributed by atoms with Gasteiger partial charge in [-0.15, -0.1) is 0 Å². The zero-order chi connectivity index (χ0) is 13.1. The van der Waals surface area contributed by atoms with Crippen molar-refractivity contribution in [1.82, 2.24) is 0 Å². The molecule has 0 fully saturated rings. The number of nitrogens with zero attached hydrogens (tertiary/aromatic N) is 1. The van der Waals surface area contributed by atoms with Crippen LogP contribution in [0.1, 0.15) is 0 Å². The Morgan fingerprint density at radius 2 is 1.78 bits per heavy atom. The zero-order valence-electron chi connectivity index (χ0n) is 9.26. The van der Waals surface area contributed by atoms with E-state index < -0.39 is 10.7 Å². The first-order chi connectivity index (χ1) is 8.59. The van der Waals surface area contributed by atoms with Gasteiger partial charge >= 0.3 is 5.69 Å². The minimum Gasteiger partial charge on any atom is -0.393 e. The summed E-state index contributed by atoms with van der Waals surface area (Å²) in [7, 11) is 0. The van der Waals surface area contributed by atoms with Crippen molar-refractivity contribution in [3.05, 3.63) is 58.4 Å². The highest BCUT2D eigenvalue weighted by Gasteiger charge is 2.18. The molecule has 0 aliphatic carbocycles. The molecule has 0 radical (unpaired) electrons. The number of rotatable bonds is 3. The maximum absolute atomic E-state index is 13.4. The molecule has 0 amide bonds. The van der Waals surface area contributed by atoms with E-state index in [4.69, 9.17) is 5.73 Å². The molecule has 0 heterocycles. The van der Waals surface area contributed by atoms with E-state index >= 15 is 0 Å². The zero-order valence-corrected chi connectivity index (χ0v) is 9.26. The lowest BCUT2D eigenvalue weighted by molar-refractivity contribution is -0.383. The smallest absolute Gasteiger partial charge is 0.315 e. The second-order valence-electron chi connectivity index (χ2n) is 3.61. The molecule has 5 nitrogen and oxygen atoms in total. The van der Waals surface area contributed by atoms with Gasteiger partial charge in [0.2, 0.25) is 0 Å². The van der Waals surface area contributed by atoms with Crippen LogP contribution in [0.15, 0.2) is 42.5 Å². The van der Waals surface area contributed by atoms with Gasteiger partial charge in [-0.3, -0.25) is 10.1 Å². The Kier molecular flexibility index (Phi) is 3.09. The summed E-state index contributed by atoms with van der Waals surface area (Å²) in [5, 5.41) is 13.6. The molecule has 18 heavy (non-hydrogen) atoms. The van der Waals surface area contributed by atoms with Crippen LogP contribution in [-0.2, 0) is 0 Å². The number of benzene rings is 2. The molecule has 0 atom stereocenters. The Morgan fingerprint density at radius 3 is 2.44 bits per heavy atom. The second-order valence-corrected chi connectivity index (χ2v) is 3.61. The van der Waals surface area contributed by atoms with Crippen LogP contribution in [0.2, 0.25) is 0 Å². The van der Waals surface area contributed by atoms with Crippen molar-refractivity contribution in [3.8, 4) is 0 Å². The summed E-state index contributed by atoms with van der Waals surface area (Å²) in [6.45, 7) is 0. The Labute approximate surface area is 102 Å². The van der Waals surface area contributed by atoms with Gasteiger partial charge in [0.15, 0.2) is 0 Å². The van der Waals surface area contributed by atoms with Crippen LogP contribution in [0.3, 0.4) is 0 Å². The van der Waals surface area contributed by atoms with E-state index in [0.29, 0.717) is 0 Å². The average molecular weight is 247 g/mol. The lowest BCUT2D eigenvalue weighted by Crippen LogP contribution is -2.01. The number of para-hydroxylation sites is 2. The topological polar surface area (TPSA) is 81.2 Å². The van der Waals surface area contributed by atoms with Crippen molar-refractivity contribution in [2.24, 2.45) is 0 Å². The van der Waals surface area contributed by atoms with Gasteiger partial charge in [-0.05, 0) is 24.3 Å². The summed E-state index contributed by atoms with van der Waals surface area (Å²) < 4.78 is 13.4. The molecule has 6 heteroatoms. The van der Waals surface area contributed by atoms with Crippen molar-refractivity contribution in [3.63, 3.8) is 0 Å². The highest BCUT2D eigenvalue weighted by atomic mass is 19.1. The van der Waals surface area contributed by atoms with Gasteiger partial charge < -0.3 is 11.1 Å². The summed E-state index contributed by atoms with van der Waals surface area (Å²) in [5.74, 6) is -0.491. The van der Waals surface area contributed by atoms with Gasteiger partial charge in [0.05, 0.1) is 10.6 Å². The van der Waals surface area contributed by atoms with Crippen molar-refractivity contribution in [2.45, 2.75) is 0 Å². The molecule has 2 aromatic rings. The van der Waals surface area contributed by atoms with Crippen LogP contribution in [0.4, 0.5) is 27.1 Å². The van der Waals surface area contributed by atoms with Crippen LogP contribution >= 0.6 is 0 Å². The van der Waals surface area contributed by atoms with Crippen molar-refractivity contribution < 1.29 is 9.31 Å². The summed E-state index contributed by atoms with van der Waals surface area (Å²) in [6, 6.07) is 10.4. The fourth-order valence-electron chi connectivity index (χ4n) is 1.57. The number of anilines is 3. The number of hydrogen-bond acceptors (Lipinski definition) is 4. The number of nitro groups is 1. The Bertz CT molecular complexity index is 602. The largest absolute Gasteiger partial charge is 0.393 e. The van der Waals surface area contributed by atoms with E-state index in [1.165, 1.54) is 30.3 Å². The third-order valence-corrected chi connectivity index (χ3v) is 2.39. The SMILES string of the molecule is Nc1cccc(Nc2ccccc2F)c1[N+](=O)[O-]. The Balaban J connectivity index is 2.44. The number of nitrogen functional groups attached to an aromatic ring is 1. The van der Waals surface area contributed by atoms with Crippen LogP contribution in [-0.4, -0.2) is 4.92 Å². The Hall–Kier alpha value is -2.63. The number of nitro benzene ring substituents is 1. The minimum atomic E-state index is -0.599. The molecule has 0 aromatic heterocycles. The first-order valence-electron chi connectivity index (χ1n) is 5.14. The first kappa shape index (κ1) is 11.8. The molecule has 2 rings (SSSR count). The van der Waals surface area contributed by atoms with E-state index in [1.807, 2.05) is 0 Å². The number of nitrogens with two attached hydrogens (primary N) is 1. The molecule has 0 spiro atoms. The summed E-state index contributed by atoms with van der Waals surface area (Å²) in [6.07, 6.45) is 0. The molecule has 0 aliphatic heterocycles. The minimum absolute atomic E-state index is 0.0290. The molecule has 0 saturated heterocycles. The van der Waals surface area contributed by atoms with E-state index in [1.54, 1.807) is 12.1 Å². The van der Waals surface area contributed by atoms with Crippen molar-refractivity contribution in [1.29, 1.82) is 0 Å². The summed E-state index contributed by atoms with van der Waals surface area (Å²) >= 11 is 0. The van der Waals surface area contributed by atoms with Gasteiger partial charge in [0.25, 0.3) is 0 Å². The van der Waals surface area contributed by atoms with Crippen LogP contribution < -0.4 is 11.1 Å². The third kappa shape index (κ3) is 2.22. The number of nitrogens with one attached hydrogen (secondary N) is 1. The normalized spacial score (nSPS) is 10.1. The second kappa shape index (κ2) is 4.70. The van der Waals surface area contributed by atoms with Gasteiger partial charge in [0.1, 0.15) is 17.2 Å². The van der Waals surface area contributed by atoms with Crippen molar-refractivity contribution in [2.75, 3.05) is 11.1 Å². The maximum Gasteiger partial charge on any atom is 0.315 e. The number of halogens is 1. The van der Waals surface area contributed by atoms with Gasteiger partial charge in [-0.1, -0.05) is 18.2 Å². The monoisotopic (exact) mass is 247 g/mol. The summed E-state index contributed by atoms with van der Waals surface area (Å²) in [5.41, 5.74) is 5.62. The van der Waals surface area contributed by atoms with Crippen molar-refractivity contribution >= 4 is 22.7 Å². The average Bonchev–Trinajstić information content (AvgIpc) is 2.31. The van der Waals surface area contributed by atoms with Crippen LogP contribution in [0.25, 0.3) is 0 Å². The molecule has 92 valence electrons. The molecule has 0 saturated carbocycles. The molecule has 0 aliphatic rings. The third-order valence-electron chi connectivity index (χ3n) is 2.39. The first-order valence-corrected chi connectivity index (χ1v) is 5.14. The molecular weight excluding hydrogens is 237 g/mol. The molecule has 0 unspecified atom stereocenters. The molecular formula is C12H10FN3O2. The number of hydrogen-bond donors (Lipinski definition) is 2. The van der Waals surface area contributed by atoms with E-state index in [2.05, 4.69) is 5.32 Å². The fraction of sp³-hybridized carbons (Fsp3) is 0. The van der Waals surface area contributed by atoms with Crippen LogP contribution in [0, 0.1) is 15.9 Å². The Morgan fingerprint density at radius 1 is 1.11 bits per heavy atom. The van der Waals surface area contributed by atoms with E-state index in [-0.39, 0.29) is 22.7 Å². The molecule has 3 N–H and O–H groups in total. The maximum atomic E-state index is 13.4. The van der Waals surface area contributed by atoms with Gasteiger partial charge in [-0.2, -0.15) is 0 Å².